The Bertz CT molecular complexity index is 409. The lowest BCUT2D eigenvalue weighted by Crippen LogP contribution is -2.19. The number of likely N-dealkylation sites (tertiary alicyclic amines) is 1. The molecule has 1 unspecified atom stereocenters. The molecule has 0 bridgehead atoms. The van der Waals surface area contributed by atoms with Crippen LogP contribution in [-0.4, -0.2) is 31.6 Å². The molecule has 2 rings (SSSR count). The topological polar surface area (TPSA) is 41.3 Å². The van der Waals surface area contributed by atoms with E-state index in [9.17, 15) is 0 Å². The zero-order valence-corrected chi connectivity index (χ0v) is 11.4. The third-order valence-corrected chi connectivity index (χ3v) is 3.88. The summed E-state index contributed by atoms with van der Waals surface area (Å²) in [6.45, 7) is 3.23. The minimum atomic E-state index is 0.496. The van der Waals surface area contributed by atoms with Gasteiger partial charge in [-0.1, -0.05) is 23.2 Å². The zero-order chi connectivity index (χ0) is 12.4. The van der Waals surface area contributed by atoms with Crippen LogP contribution in [-0.2, 0) is 0 Å². The summed E-state index contributed by atoms with van der Waals surface area (Å²) in [5.74, 6) is 0.675. The molecule has 0 radical (unpaired) electrons. The molecule has 17 heavy (non-hydrogen) atoms. The van der Waals surface area contributed by atoms with Gasteiger partial charge in [-0.3, -0.25) is 0 Å². The summed E-state index contributed by atoms with van der Waals surface area (Å²) in [6.07, 6.45) is 1.23. The fourth-order valence-electron chi connectivity index (χ4n) is 2.16. The summed E-state index contributed by atoms with van der Waals surface area (Å²) in [4.78, 5) is 2.34. The van der Waals surface area contributed by atoms with E-state index in [0.717, 1.165) is 18.8 Å². The van der Waals surface area contributed by atoms with Crippen molar-refractivity contribution in [2.75, 3.05) is 37.7 Å². The van der Waals surface area contributed by atoms with Gasteiger partial charge in [0.15, 0.2) is 0 Å². The molecule has 5 heteroatoms. The molecule has 1 aliphatic heterocycles. The maximum Gasteiger partial charge on any atom is 0.0614 e. The van der Waals surface area contributed by atoms with E-state index in [0.29, 0.717) is 21.7 Å². The molecule has 0 aromatic heterocycles. The number of rotatable bonds is 3. The molecule has 0 amide bonds. The van der Waals surface area contributed by atoms with Gasteiger partial charge in [0.25, 0.3) is 0 Å². The highest BCUT2D eigenvalue weighted by Gasteiger charge is 2.19. The molecule has 1 heterocycles. The molecule has 1 saturated heterocycles. The molecule has 1 fully saturated rings. The number of nitrogen functional groups attached to an aromatic ring is 1. The molecule has 1 aromatic carbocycles. The van der Waals surface area contributed by atoms with E-state index >= 15 is 0 Å². The van der Waals surface area contributed by atoms with Gasteiger partial charge in [0.2, 0.25) is 0 Å². The zero-order valence-electron chi connectivity index (χ0n) is 9.84. The van der Waals surface area contributed by atoms with Gasteiger partial charge in [-0.25, -0.2) is 0 Å². The fraction of sp³-hybridized carbons (Fsp3) is 0.500. The summed E-state index contributed by atoms with van der Waals surface area (Å²) in [7, 11) is 2.15. The predicted octanol–water partition coefficient (Wildman–Crippen LogP) is 2.94. The Labute approximate surface area is 112 Å². The second-order valence-electron chi connectivity index (χ2n) is 4.65. The van der Waals surface area contributed by atoms with Gasteiger partial charge in [-0.2, -0.15) is 0 Å². The van der Waals surface area contributed by atoms with Gasteiger partial charge in [-0.05, 0) is 38.1 Å². The molecule has 3 nitrogen and oxygen atoms in total. The number of benzene rings is 1. The van der Waals surface area contributed by atoms with Crippen molar-refractivity contribution in [3.63, 3.8) is 0 Å². The highest BCUT2D eigenvalue weighted by atomic mass is 35.5. The van der Waals surface area contributed by atoms with Crippen LogP contribution in [0.3, 0.4) is 0 Å². The summed E-state index contributed by atoms with van der Waals surface area (Å²) in [5, 5.41) is 4.38. The van der Waals surface area contributed by atoms with Gasteiger partial charge in [-0.15, -0.1) is 0 Å². The fourth-order valence-corrected chi connectivity index (χ4v) is 2.50. The first-order chi connectivity index (χ1) is 8.06. The number of hydrogen-bond donors (Lipinski definition) is 2. The van der Waals surface area contributed by atoms with Crippen molar-refractivity contribution in [3.8, 4) is 0 Å². The maximum absolute atomic E-state index is 5.97. The van der Waals surface area contributed by atoms with E-state index in [1.807, 2.05) is 0 Å². The first-order valence-corrected chi connectivity index (χ1v) is 6.49. The van der Waals surface area contributed by atoms with Crippen molar-refractivity contribution < 1.29 is 0 Å². The van der Waals surface area contributed by atoms with Crippen LogP contribution in [0.15, 0.2) is 12.1 Å². The van der Waals surface area contributed by atoms with Crippen molar-refractivity contribution >= 4 is 34.6 Å². The average molecular weight is 274 g/mol. The molecule has 0 aliphatic carbocycles. The molecule has 1 atom stereocenters. The second kappa shape index (κ2) is 5.34. The van der Waals surface area contributed by atoms with Crippen LogP contribution in [0.25, 0.3) is 0 Å². The highest BCUT2D eigenvalue weighted by molar-refractivity contribution is 6.42. The van der Waals surface area contributed by atoms with Crippen molar-refractivity contribution in [3.05, 3.63) is 22.2 Å². The number of nitrogens with zero attached hydrogens (tertiary/aromatic N) is 1. The van der Waals surface area contributed by atoms with E-state index < -0.39 is 0 Å². The smallest absolute Gasteiger partial charge is 0.0614 e. The van der Waals surface area contributed by atoms with Gasteiger partial charge >= 0.3 is 0 Å². The lowest BCUT2D eigenvalue weighted by molar-refractivity contribution is 0.399. The monoisotopic (exact) mass is 273 g/mol. The van der Waals surface area contributed by atoms with E-state index in [1.165, 1.54) is 13.0 Å². The minimum Gasteiger partial charge on any atom is -0.397 e. The average Bonchev–Trinajstić information content (AvgIpc) is 2.68. The van der Waals surface area contributed by atoms with Crippen molar-refractivity contribution in [1.29, 1.82) is 0 Å². The van der Waals surface area contributed by atoms with E-state index in [1.54, 1.807) is 12.1 Å². The van der Waals surface area contributed by atoms with Crippen LogP contribution in [0.1, 0.15) is 6.42 Å². The third-order valence-electron chi connectivity index (χ3n) is 3.16. The first-order valence-electron chi connectivity index (χ1n) is 5.73. The predicted molar refractivity (Wildman–Crippen MR) is 75.0 cm³/mol. The number of nitrogens with one attached hydrogen (secondary N) is 1. The van der Waals surface area contributed by atoms with Crippen LogP contribution in [0.4, 0.5) is 11.4 Å². The van der Waals surface area contributed by atoms with Gasteiger partial charge in [0.1, 0.15) is 0 Å². The Kier molecular flexibility index (Phi) is 4.02. The van der Waals surface area contributed by atoms with Gasteiger partial charge in [0, 0.05) is 13.1 Å². The van der Waals surface area contributed by atoms with E-state index in [2.05, 4.69) is 17.3 Å². The number of anilines is 2. The largest absolute Gasteiger partial charge is 0.397 e. The Morgan fingerprint density at radius 2 is 2.12 bits per heavy atom. The Morgan fingerprint density at radius 3 is 2.76 bits per heavy atom. The summed E-state index contributed by atoms with van der Waals surface area (Å²) in [6, 6.07) is 3.48. The molecule has 3 N–H and O–H groups in total. The Hall–Kier alpha value is -0.640. The maximum atomic E-state index is 5.97. The highest BCUT2D eigenvalue weighted by Crippen LogP contribution is 2.31. The third kappa shape index (κ3) is 3.18. The van der Waals surface area contributed by atoms with E-state index in [-0.39, 0.29) is 0 Å². The second-order valence-corrected chi connectivity index (χ2v) is 5.47. The molecule has 94 valence electrons. The standard InChI is InChI=1S/C12H17Cl2N3/c1-17-3-2-8(7-17)6-16-12-5-10(14)9(13)4-11(12)15/h4-5,8,16H,2-3,6-7,15H2,1H3. The van der Waals surface area contributed by atoms with Crippen LogP contribution >= 0.6 is 23.2 Å². The van der Waals surface area contributed by atoms with Crippen molar-refractivity contribution in [1.82, 2.24) is 4.90 Å². The van der Waals surface area contributed by atoms with Crippen molar-refractivity contribution in [2.45, 2.75) is 6.42 Å². The Morgan fingerprint density at radius 1 is 1.41 bits per heavy atom. The summed E-state index contributed by atoms with van der Waals surface area (Å²) >= 11 is 11.9. The lowest BCUT2D eigenvalue weighted by atomic mass is 10.1. The molecule has 1 aromatic rings. The van der Waals surface area contributed by atoms with Crippen molar-refractivity contribution in [2.24, 2.45) is 5.92 Å². The molecule has 1 aliphatic rings. The van der Waals surface area contributed by atoms with Crippen LogP contribution < -0.4 is 11.1 Å². The SMILES string of the molecule is CN1CCC(CNc2cc(Cl)c(Cl)cc2N)C1. The van der Waals surface area contributed by atoms with Gasteiger partial charge < -0.3 is 16.0 Å². The Balaban J connectivity index is 1.97. The van der Waals surface area contributed by atoms with Crippen LogP contribution in [0.2, 0.25) is 10.0 Å². The number of halogens is 2. The van der Waals surface area contributed by atoms with Crippen LogP contribution in [0.5, 0.6) is 0 Å². The summed E-state index contributed by atoms with van der Waals surface area (Å²) < 4.78 is 0. The van der Waals surface area contributed by atoms with Crippen LogP contribution in [0, 0.1) is 5.92 Å². The molecule has 0 saturated carbocycles. The van der Waals surface area contributed by atoms with E-state index in [4.69, 9.17) is 28.9 Å². The lowest BCUT2D eigenvalue weighted by Gasteiger charge is -2.14. The molecular weight excluding hydrogens is 257 g/mol. The minimum absolute atomic E-state index is 0.496. The first kappa shape index (κ1) is 12.8. The quantitative estimate of drug-likeness (QED) is 0.833. The normalized spacial score (nSPS) is 20.8. The van der Waals surface area contributed by atoms with Gasteiger partial charge in [0.05, 0.1) is 21.4 Å². The molecule has 0 spiro atoms. The number of nitrogens with two attached hydrogens (primary N) is 1. The molecular formula is C12H17Cl2N3. The number of hydrogen-bond acceptors (Lipinski definition) is 3. The summed E-state index contributed by atoms with van der Waals surface area (Å²) in [5.41, 5.74) is 7.40.